The number of nitrogens with one attached hydrogen (secondary N) is 1. The highest BCUT2D eigenvalue weighted by atomic mass is 31.2. The van der Waals surface area contributed by atoms with Crippen molar-refractivity contribution in [2.24, 2.45) is 5.73 Å². The van der Waals surface area contributed by atoms with E-state index in [1.807, 2.05) is 6.08 Å². The predicted octanol–water partition coefficient (Wildman–Crippen LogP) is 12.1. The largest absolute Gasteiger partial charge is 0.472 e. The van der Waals surface area contributed by atoms with E-state index < -0.39 is 38.6 Å². The first kappa shape index (κ1) is 54.7. The third kappa shape index (κ3) is 39.5. The lowest BCUT2D eigenvalue weighted by atomic mass is 10.0. The van der Waals surface area contributed by atoms with Gasteiger partial charge >= 0.3 is 7.82 Å². The third-order valence-electron chi connectivity index (χ3n) is 10.3. The minimum atomic E-state index is -4.41. The van der Waals surface area contributed by atoms with Crippen LogP contribution in [0.25, 0.3) is 0 Å². The zero-order chi connectivity index (χ0) is 41.2. The summed E-state index contributed by atoms with van der Waals surface area (Å²) in [6.07, 6.45) is 46.6. The molecule has 0 bridgehead atoms. The molecule has 0 fully saturated rings. The van der Waals surface area contributed by atoms with Gasteiger partial charge in [-0.3, -0.25) is 13.8 Å². The number of aliphatic hydroxyl groups excluding tert-OH is 2. The van der Waals surface area contributed by atoms with Crippen molar-refractivity contribution in [2.75, 3.05) is 19.8 Å². The van der Waals surface area contributed by atoms with Crippen molar-refractivity contribution >= 4 is 13.7 Å². The summed E-state index contributed by atoms with van der Waals surface area (Å²) in [5.41, 5.74) is 5.36. The highest BCUT2D eigenvalue weighted by Gasteiger charge is 2.27. The molecule has 0 spiro atoms. The summed E-state index contributed by atoms with van der Waals surface area (Å²) in [6.45, 7) is 3.95. The molecule has 1 amide bonds. The Bertz CT molecular complexity index is 993. The van der Waals surface area contributed by atoms with Crippen molar-refractivity contribution in [3.8, 4) is 0 Å². The first-order chi connectivity index (χ1) is 27.3. The van der Waals surface area contributed by atoms with Gasteiger partial charge in [0, 0.05) is 6.54 Å². The van der Waals surface area contributed by atoms with Crippen LogP contribution in [0.3, 0.4) is 0 Å². The van der Waals surface area contributed by atoms with Crippen LogP contribution in [-0.4, -0.2) is 59.0 Å². The fourth-order valence-corrected chi connectivity index (χ4v) is 7.50. The second-order valence-corrected chi connectivity index (χ2v) is 17.2. The minimum Gasteiger partial charge on any atom is -0.393 e. The van der Waals surface area contributed by atoms with Gasteiger partial charge in [-0.05, 0) is 44.9 Å². The molecule has 0 saturated carbocycles. The SMILES string of the molecule is CCCCCCCCCCC/C=C/CC/C=C/CC/C=C/C(O)C(COP(=O)(O)OCCN)NC(=O)CC(O)CCCCCCCCCCCCCCCCC. The highest BCUT2D eigenvalue weighted by Crippen LogP contribution is 2.43. The van der Waals surface area contributed by atoms with E-state index in [1.54, 1.807) is 6.08 Å². The predicted molar refractivity (Wildman–Crippen MR) is 237 cm³/mol. The van der Waals surface area contributed by atoms with E-state index in [9.17, 15) is 24.5 Å². The van der Waals surface area contributed by atoms with Crippen LogP contribution in [0.1, 0.15) is 213 Å². The molecule has 0 saturated heterocycles. The van der Waals surface area contributed by atoms with Crippen LogP contribution in [0.5, 0.6) is 0 Å². The number of phosphoric acid groups is 1. The number of hydrogen-bond donors (Lipinski definition) is 5. The van der Waals surface area contributed by atoms with E-state index in [1.165, 1.54) is 135 Å². The summed E-state index contributed by atoms with van der Waals surface area (Å²) in [6, 6.07) is -1.00. The number of carbonyl (C=O) groups is 1. The first-order valence-electron chi connectivity index (χ1n) is 23.2. The van der Waals surface area contributed by atoms with Crippen LogP contribution in [0.2, 0.25) is 0 Å². The van der Waals surface area contributed by atoms with Crippen LogP contribution in [-0.2, 0) is 18.4 Å². The van der Waals surface area contributed by atoms with Crippen molar-refractivity contribution in [1.82, 2.24) is 5.32 Å². The van der Waals surface area contributed by atoms with E-state index >= 15 is 0 Å². The van der Waals surface area contributed by atoms with Crippen LogP contribution in [0, 0.1) is 0 Å². The Hall–Kier alpha value is -1.32. The molecule has 6 N–H and O–H groups in total. The maximum atomic E-state index is 12.8. The molecule has 0 aliphatic carbocycles. The summed E-state index contributed by atoms with van der Waals surface area (Å²) in [5, 5.41) is 24.1. The van der Waals surface area contributed by atoms with Crippen molar-refractivity contribution in [3.05, 3.63) is 36.5 Å². The average Bonchev–Trinajstić information content (AvgIpc) is 3.17. The number of nitrogens with two attached hydrogens (primary N) is 1. The smallest absolute Gasteiger partial charge is 0.393 e. The third-order valence-corrected chi connectivity index (χ3v) is 11.2. The van der Waals surface area contributed by atoms with Gasteiger partial charge in [0.1, 0.15) is 0 Å². The minimum absolute atomic E-state index is 0.0429. The summed E-state index contributed by atoms with van der Waals surface area (Å²) in [5.74, 6) is -0.458. The molecule has 0 aromatic rings. The summed E-state index contributed by atoms with van der Waals surface area (Å²) in [7, 11) is -4.41. The summed E-state index contributed by atoms with van der Waals surface area (Å²) < 4.78 is 22.1. The Labute approximate surface area is 344 Å². The number of aliphatic hydroxyl groups is 2. The van der Waals surface area contributed by atoms with Gasteiger partial charge in [0.05, 0.1) is 37.9 Å². The van der Waals surface area contributed by atoms with Crippen LogP contribution < -0.4 is 11.1 Å². The number of carbonyl (C=O) groups excluding carboxylic acids is 1. The van der Waals surface area contributed by atoms with E-state index in [4.69, 9.17) is 14.8 Å². The first-order valence-corrected chi connectivity index (χ1v) is 24.7. The number of hydrogen-bond acceptors (Lipinski definition) is 7. The zero-order valence-corrected chi connectivity index (χ0v) is 37.1. The van der Waals surface area contributed by atoms with E-state index in [2.05, 4.69) is 43.5 Å². The molecule has 330 valence electrons. The molecule has 9 nitrogen and oxygen atoms in total. The number of amides is 1. The molecule has 0 radical (unpaired) electrons. The van der Waals surface area contributed by atoms with Crippen LogP contribution in [0.15, 0.2) is 36.5 Å². The van der Waals surface area contributed by atoms with Crippen molar-refractivity contribution in [3.63, 3.8) is 0 Å². The van der Waals surface area contributed by atoms with Crippen molar-refractivity contribution < 1.29 is 33.5 Å². The van der Waals surface area contributed by atoms with Gasteiger partial charge in [0.25, 0.3) is 0 Å². The van der Waals surface area contributed by atoms with Crippen molar-refractivity contribution in [2.45, 2.75) is 231 Å². The van der Waals surface area contributed by atoms with Gasteiger partial charge in [-0.25, -0.2) is 4.57 Å². The highest BCUT2D eigenvalue weighted by molar-refractivity contribution is 7.47. The zero-order valence-electron chi connectivity index (χ0n) is 36.2. The fourth-order valence-electron chi connectivity index (χ4n) is 6.74. The molecule has 0 heterocycles. The summed E-state index contributed by atoms with van der Waals surface area (Å²) >= 11 is 0. The molecular formula is C46H89N2O7P. The Morgan fingerprint density at radius 3 is 1.48 bits per heavy atom. The Kier molecular flexibility index (Phi) is 40.8. The number of unbranched alkanes of at least 4 members (excludes halogenated alkanes) is 25. The second kappa shape index (κ2) is 41.8. The maximum absolute atomic E-state index is 12.8. The summed E-state index contributed by atoms with van der Waals surface area (Å²) in [4.78, 5) is 22.8. The van der Waals surface area contributed by atoms with Crippen LogP contribution >= 0.6 is 7.82 Å². The van der Waals surface area contributed by atoms with Gasteiger partial charge < -0.3 is 26.2 Å². The lowest BCUT2D eigenvalue weighted by molar-refractivity contribution is -0.124. The molecule has 10 heteroatoms. The quantitative estimate of drug-likeness (QED) is 0.0232. The lowest BCUT2D eigenvalue weighted by Crippen LogP contribution is -2.46. The van der Waals surface area contributed by atoms with Crippen LogP contribution in [0.4, 0.5) is 0 Å². The molecule has 4 unspecified atom stereocenters. The van der Waals surface area contributed by atoms with E-state index in [0.717, 1.165) is 44.9 Å². The van der Waals surface area contributed by atoms with Gasteiger partial charge in [-0.1, -0.05) is 198 Å². The number of phosphoric ester groups is 1. The number of rotatable bonds is 43. The second-order valence-electron chi connectivity index (χ2n) is 15.8. The van der Waals surface area contributed by atoms with E-state index in [-0.39, 0.29) is 19.6 Å². The molecule has 0 aliphatic rings. The topological polar surface area (TPSA) is 151 Å². The maximum Gasteiger partial charge on any atom is 0.472 e. The molecule has 0 aromatic heterocycles. The average molecular weight is 813 g/mol. The molecular weight excluding hydrogens is 723 g/mol. The molecule has 0 aromatic carbocycles. The normalized spacial score (nSPS) is 14.9. The van der Waals surface area contributed by atoms with Gasteiger partial charge in [-0.2, -0.15) is 0 Å². The van der Waals surface area contributed by atoms with Gasteiger partial charge in [0.2, 0.25) is 5.91 Å². The molecule has 56 heavy (non-hydrogen) atoms. The fraction of sp³-hybridized carbons (Fsp3) is 0.848. The molecule has 0 aliphatic heterocycles. The molecule has 4 atom stereocenters. The lowest BCUT2D eigenvalue weighted by Gasteiger charge is -2.24. The van der Waals surface area contributed by atoms with Gasteiger partial charge in [0.15, 0.2) is 0 Å². The Morgan fingerprint density at radius 2 is 1.02 bits per heavy atom. The standard InChI is InChI=1S/C46H89N2O7P/c1-3-5-7-9-11-13-15-17-19-20-21-22-24-26-28-30-32-34-36-38-45(50)44(42-55-56(52,53)54-40-39-47)48-46(51)41-43(49)37-35-33-31-29-27-25-23-18-16-14-12-10-8-6-4-2/h21-22,28,30,36,38,43-45,49-50H,3-20,23-27,29,31-35,37,39-42,47H2,1-2H3,(H,48,51)(H,52,53)/b22-21+,30-28+,38-36+. The monoisotopic (exact) mass is 813 g/mol. The van der Waals surface area contributed by atoms with E-state index in [0.29, 0.717) is 12.8 Å². The Morgan fingerprint density at radius 1 is 0.607 bits per heavy atom. The Balaban J connectivity index is 4.36. The van der Waals surface area contributed by atoms with Gasteiger partial charge in [-0.15, -0.1) is 0 Å². The van der Waals surface area contributed by atoms with Crippen molar-refractivity contribution in [1.29, 1.82) is 0 Å². The number of allylic oxidation sites excluding steroid dienone is 5. The molecule has 0 rings (SSSR count).